The highest BCUT2D eigenvalue weighted by Gasteiger charge is 2.30. The molecule has 5 nitrogen and oxygen atoms in total. The van der Waals surface area contributed by atoms with E-state index in [0.29, 0.717) is 23.4 Å². The lowest BCUT2D eigenvalue weighted by Crippen LogP contribution is -2.44. The molecule has 1 amide bonds. The van der Waals surface area contributed by atoms with E-state index in [1.54, 1.807) is 4.90 Å². The standard InChI is InChI=1S/C18H22FNO4S/c19-15-10-14(9-12-3-2-8-25-18(12)15)20-13(4-1-5-16(20)21)6-7-24-11-17(22)23/h9-10,13H,1-8,11H2,(H,22,23). The summed E-state index contributed by atoms with van der Waals surface area (Å²) >= 11 is 1.54. The zero-order chi connectivity index (χ0) is 17.8. The molecule has 2 aliphatic rings. The van der Waals surface area contributed by atoms with Crippen LogP contribution in [0.25, 0.3) is 0 Å². The summed E-state index contributed by atoms with van der Waals surface area (Å²) in [7, 11) is 0. The van der Waals surface area contributed by atoms with Crippen LogP contribution in [0.2, 0.25) is 0 Å². The van der Waals surface area contributed by atoms with Crippen LogP contribution < -0.4 is 4.90 Å². The lowest BCUT2D eigenvalue weighted by molar-refractivity contribution is -0.142. The van der Waals surface area contributed by atoms with E-state index in [1.165, 1.54) is 17.8 Å². The number of halogens is 1. The minimum Gasteiger partial charge on any atom is -0.480 e. The molecule has 25 heavy (non-hydrogen) atoms. The number of aliphatic carboxylic acids is 1. The molecule has 0 aliphatic carbocycles. The monoisotopic (exact) mass is 367 g/mol. The summed E-state index contributed by atoms with van der Waals surface area (Å²) in [5.41, 5.74) is 1.59. The molecule has 0 bridgehead atoms. The van der Waals surface area contributed by atoms with Crippen LogP contribution in [0, 0.1) is 5.82 Å². The number of hydrogen-bond donors (Lipinski definition) is 1. The summed E-state index contributed by atoms with van der Waals surface area (Å²) in [5.74, 6) is -0.338. The van der Waals surface area contributed by atoms with E-state index >= 15 is 0 Å². The van der Waals surface area contributed by atoms with Crippen LogP contribution in [0.4, 0.5) is 10.1 Å². The molecule has 1 aromatic carbocycles. The molecule has 2 aliphatic heterocycles. The third-order valence-corrected chi connectivity index (χ3v) is 5.84. The van der Waals surface area contributed by atoms with E-state index in [1.807, 2.05) is 6.07 Å². The van der Waals surface area contributed by atoms with Gasteiger partial charge in [-0.2, -0.15) is 0 Å². The zero-order valence-corrected chi connectivity index (χ0v) is 14.8. The van der Waals surface area contributed by atoms with Crippen molar-refractivity contribution in [2.24, 2.45) is 0 Å². The minimum atomic E-state index is -1.01. The Kier molecular flexibility index (Phi) is 5.96. The van der Waals surface area contributed by atoms with Gasteiger partial charge in [0.2, 0.25) is 5.91 Å². The van der Waals surface area contributed by atoms with Gasteiger partial charge in [-0.1, -0.05) is 0 Å². The number of anilines is 1. The number of amides is 1. The highest BCUT2D eigenvalue weighted by atomic mass is 32.2. The molecule has 3 rings (SSSR count). The molecule has 1 unspecified atom stereocenters. The fourth-order valence-electron chi connectivity index (χ4n) is 3.51. The third kappa shape index (κ3) is 4.33. The van der Waals surface area contributed by atoms with E-state index in [4.69, 9.17) is 9.84 Å². The Balaban J connectivity index is 1.77. The first-order chi connectivity index (χ1) is 12.1. The van der Waals surface area contributed by atoms with E-state index in [-0.39, 0.29) is 31.0 Å². The van der Waals surface area contributed by atoms with Crippen LogP contribution in [0.3, 0.4) is 0 Å². The van der Waals surface area contributed by atoms with E-state index in [2.05, 4.69) is 0 Å². The van der Waals surface area contributed by atoms with E-state index in [9.17, 15) is 14.0 Å². The number of rotatable bonds is 6. The van der Waals surface area contributed by atoms with Crippen molar-refractivity contribution in [2.75, 3.05) is 23.9 Å². The molecule has 1 aromatic rings. The van der Waals surface area contributed by atoms with E-state index < -0.39 is 5.97 Å². The molecule has 0 saturated carbocycles. The summed E-state index contributed by atoms with van der Waals surface area (Å²) < 4.78 is 19.6. The fraction of sp³-hybridized carbons (Fsp3) is 0.556. The van der Waals surface area contributed by atoms with Gasteiger partial charge < -0.3 is 14.7 Å². The maximum absolute atomic E-state index is 14.5. The van der Waals surface area contributed by atoms with Crippen LogP contribution in [-0.2, 0) is 20.7 Å². The molecule has 1 N–H and O–H groups in total. The van der Waals surface area contributed by atoms with Crippen LogP contribution in [0.1, 0.15) is 37.7 Å². The Hall–Kier alpha value is -1.60. The van der Waals surface area contributed by atoms with Crippen LogP contribution in [0.15, 0.2) is 17.0 Å². The van der Waals surface area contributed by atoms with Crippen molar-refractivity contribution in [1.82, 2.24) is 0 Å². The number of carboxylic acid groups (broad SMARTS) is 1. The first-order valence-corrected chi connectivity index (χ1v) is 9.61. The second-order valence-electron chi connectivity index (χ2n) is 6.41. The largest absolute Gasteiger partial charge is 0.480 e. The third-order valence-electron chi connectivity index (χ3n) is 4.60. The lowest BCUT2D eigenvalue weighted by Gasteiger charge is -2.36. The Bertz CT molecular complexity index is 667. The first kappa shape index (κ1) is 18.2. The summed E-state index contributed by atoms with van der Waals surface area (Å²) in [5, 5.41) is 8.63. The van der Waals surface area contributed by atoms with Crippen molar-refractivity contribution in [1.29, 1.82) is 0 Å². The van der Waals surface area contributed by atoms with Crippen molar-refractivity contribution < 1.29 is 23.8 Å². The molecule has 136 valence electrons. The van der Waals surface area contributed by atoms with Gasteiger partial charge in [-0.05, 0) is 55.6 Å². The topological polar surface area (TPSA) is 66.8 Å². The van der Waals surface area contributed by atoms with Gasteiger partial charge in [-0.25, -0.2) is 9.18 Å². The first-order valence-electron chi connectivity index (χ1n) is 8.63. The van der Waals surface area contributed by atoms with Gasteiger partial charge in [-0.3, -0.25) is 4.79 Å². The second kappa shape index (κ2) is 8.19. The smallest absolute Gasteiger partial charge is 0.329 e. The number of fused-ring (bicyclic) bond motifs is 1. The number of piperidine rings is 1. The van der Waals surface area contributed by atoms with Gasteiger partial charge in [-0.15, -0.1) is 11.8 Å². The minimum absolute atomic E-state index is 0.00250. The lowest BCUT2D eigenvalue weighted by atomic mass is 9.97. The predicted molar refractivity (Wildman–Crippen MR) is 93.6 cm³/mol. The SMILES string of the molecule is O=C(O)COCCC1CCCC(=O)N1c1cc(F)c2c(c1)CCCS2. The fourth-order valence-corrected chi connectivity index (χ4v) is 4.54. The van der Waals surface area contributed by atoms with Crippen molar-refractivity contribution in [3.63, 3.8) is 0 Å². The van der Waals surface area contributed by atoms with Crippen LogP contribution in [0.5, 0.6) is 0 Å². The van der Waals surface area contributed by atoms with Crippen molar-refractivity contribution in [3.05, 3.63) is 23.5 Å². The van der Waals surface area contributed by atoms with E-state index in [0.717, 1.165) is 37.0 Å². The Morgan fingerprint density at radius 3 is 3.00 bits per heavy atom. The normalized spacial score (nSPS) is 20.4. The van der Waals surface area contributed by atoms with Crippen molar-refractivity contribution >= 4 is 29.3 Å². The highest BCUT2D eigenvalue weighted by molar-refractivity contribution is 7.99. The quantitative estimate of drug-likeness (QED) is 0.782. The Labute approximate surface area is 150 Å². The summed E-state index contributed by atoms with van der Waals surface area (Å²) in [4.78, 5) is 25.4. The van der Waals surface area contributed by atoms with Crippen LogP contribution in [-0.4, -0.2) is 42.0 Å². The number of aryl methyl sites for hydroxylation is 1. The van der Waals surface area contributed by atoms with Crippen molar-refractivity contribution in [3.8, 4) is 0 Å². The number of carbonyl (C=O) groups excluding carboxylic acids is 1. The molecular weight excluding hydrogens is 345 g/mol. The maximum Gasteiger partial charge on any atom is 0.329 e. The van der Waals surface area contributed by atoms with Gasteiger partial charge in [0.15, 0.2) is 0 Å². The summed E-state index contributed by atoms with van der Waals surface area (Å²) in [6.07, 6.45) is 4.46. The Morgan fingerprint density at radius 2 is 2.20 bits per heavy atom. The number of ether oxygens (including phenoxy) is 1. The molecular formula is C18H22FNO4S. The van der Waals surface area contributed by atoms with Gasteiger partial charge >= 0.3 is 5.97 Å². The number of thioether (sulfide) groups is 1. The number of hydrogen-bond acceptors (Lipinski definition) is 4. The maximum atomic E-state index is 14.5. The van der Waals surface area contributed by atoms with Gasteiger partial charge in [0.1, 0.15) is 12.4 Å². The van der Waals surface area contributed by atoms with Crippen molar-refractivity contribution in [2.45, 2.75) is 49.5 Å². The zero-order valence-electron chi connectivity index (χ0n) is 14.0. The second-order valence-corrected chi connectivity index (χ2v) is 7.52. The van der Waals surface area contributed by atoms with Gasteiger partial charge in [0.25, 0.3) is 0 Å². The van der Waals surface area contributed by atoms with Crippen LogP contribution >= 0.6 is 11.8 Å². The molecule has 0 aromatic heterocycles. The number of benzene rings is 1. The number of nitrogens with zero attached hydrogens (tertiary/aromatic N) is 1. The molecule has 1 fully saturated rings. The average Bonchev–Trinajstić information content (AvgIpc) is 2.58. The Morgan fingerprint density at radius 1 is 1.36 bits per heavy atom. The summed E-state index contributed by atoms with van der Waals surface area (Å²) in [6, 6.07) is 3.33. The average molecular weight is 367 g/mol. The molecule has 1 atom stereocenters. The molecule has 0 spiro atoms. The highest BCUT2D eigenvalue weighted by Crippen LogP contribution is 2.37. The number of carboxylic acids is 1. The summed E-state index contributed by atoms with van der Waals surface area (Å²) in [6.45, 7) is -0.0740. The van der Waals surface area contributed by atoms with Gasteiger partial charge in [0, 0.05) is 29.7 Å². The molecule has 2 heterocycles. The molecule has 0 radical (unpaired) electrons. The number of carbonyl (C=O) groups is 2. The van der Waals surface area contributed by atoms with Gasteiger partial charge in [0.05, 0.1) is 0 Å². The predicted octanol–water partition coefficient (Wildman–Crippen LogP) is 3.24. The molecule has 7 heteroatoms. The molecule has 1 saturated heterocycles.